The highest BCUT2D eigenvalue weighted by atomic mass is 16.2. The molecule has 3 rings (SSSR count). The molecule has 3 nitrogen and oxygen atoms in total. The monoisotopic (exact) mass is 272 g/mol. The van der Waals surface area contributed by atoms with Gasteiger partial charge in [0, 0.05) is 18.7 Å². The molecule has 0 unspecified atom stereocenters. The van der Waals surface area contributed by atoms with Crippen molar-refractivity contribution in [2.75, 3.05) is 24.5 Å². The van der Waals surface area contributed by atoms with Crippen LogP contribution >= 0.6 is 0 Å². The molecule has 1 aromatic rings. The molecule has 0 bridgehead atoms. The molecule has 1 fully saturated rings. The number of fused-ring (bicyclic) bond motifs is 1. The van der Waals surface area contributed by atoms with Crippen LogP contribution in [0.3, 0.4) is 0 Å². The molecule has 108 valence electrons. The molecule has 1 saturated heterocycles. The molecular formula is C17H24N2O. The molecule has 0 atom stereocenters. The van der Waals surface area contributed by atoms with Gasteiger partial charge in [0.25, 0.3) is 0 Å². The molecule has 0 spiro atoms. The van der Waals surface area contributed by atoms with Crippen molar-refractivity contribution in [2.45, 2.75) is 39.0 Å². The fourth-order valence-corrected chi connectivity index (χ4v) is 3.43. The summed E-state index contributed by atoms with van der Waals surface area (Å²) in [4.78, 5) is 14.6. The van der Waals surface area contributed by atoms with Crippen LogP contribution in [0.5, 0.6) is 0 Å². The third-order valence-electron chi connectivity index (χ3n) is 4.58. The SMILES string of the molecule is Cc1ccc2c(c1)CCCN2C(=O)CC1CCNCC1. The highest BCUT2D eigenvalue weighted by Crippen LogP contribution is 2.29. The molecule has 2 heterocycles. The first-order chi connectivity index (χ1) is 9.74. The van der Waals surface area contributed by atoms with Gasteiger partial charge in [0.1, 0.15) is 0 Å². The van der Waals surface area contributed by atoms with Crippen molar-refractivity contribution in [2.24, 2.45) is 5.92 Å². The van der Waals surface area contributed by atoms with E-state index in [0.717, 1.165) is 57.4 Å². The van der Waals surface area contributed by atoms with Crippen LogP contribution in [0.25, 0.3) is 0 Å². The molecule has 0 aliphatic carbocycles. The zero-order chi connectivity index (χ0) is 13.9. The van der Waals surface area contributed by atoms with Gasteiger partial charge in [0.15, 0.2) is 0 Å². The lowest BCUT2D eigenvalue weighted by molar-refractivity contribution is -0.119. The smallest absolute Gasteiger partial charge is 0.227 e. The van der Waals surface area contributed by atoms with Crippen LogP contribution in [-0.4, -0.2) is 25.5 Å². The Morgan fingerprint density at radius 2 is 2.15 bits per heavy atom. The van der Waals surface area contributed by atoms with Crippen molar-refractivity contribution in [1.29, 1.82) is 0 Å². The largest absolute Gasteiger partial charge is 0.317 e. The van der Waals surface area contributed by atoms with Gasteiger partial charge in [-0.2, -0.15) is 0 Å². The van der Waals surface area contributed by atoms with E-state index in [1.807, 2.05) is 4.90 Å². The van der Waals surface area contributed by atoms with E-state index in [0.29, 0.717) is 11.8 Å². The Morgan fingerprint density at radius 1 is 1.35 bits per heavy atom. The number of rotatable bonds is 2. The van der Waals surface area contributed by atoms with Crippen molar-refractivity contribution in [1.82, 2.24) is 5.32 Å². The number of nitrogens with zero attached hydrogens (tertiary/aromatic N) is 1. The summed E-state index contributed by atoms with van der Waals surface area (Å²) >= 11 is 0. The summed E-state index contributed by atoms with van der Waals surface area (Å²) in [7, 11) is 0. The third-order valence-corrected chi connectivity index (χ3v) is 4.58. The minimum absolute atomic E-state index is 0.321. The maximum absolute atomic E-state index is 12.6. The number of piperidine rings is 1. The van der Waals surface area contributed by atoms with Crippen molar-refractivity contribution >= 4 is 11.6 Å². The van der Waals surface area contributed by atoms with E-state index in [1.54, 1.807) is 0 Å². The normalized spacial score (nSPS) is 19.8. The number of carbonyl (C=O) groups excluding carboxylic acids is 1. The van der Waals surface area contributed by atoms with Crippen LogP contribution in [-0.2, 0) is 11.2 Å². The second kappa shape index (κ2) is 5.96. The lowest BCUT2D eigenvalue weighted by Crippen LogP contribution is -2.38. The van der Waals surface area contributed by atoms with Gasteiger partial charge >= 0.3 is 0 Å². The Kier molecular flexibility index (Phi) is 4.06. The number of hydrogen-bond acceptors (Lipinski definition) is 2. The first-order valence-corrected chi connectivity index (χ1v) is 7.84. The zero-order valence-electron chi connectivity index (χ0n) is 12.3. The second-order valence-corrected chi connectivity index (χ2v) is 6.18. The Morgan fingerprint density at radius 3 is 2.95 bits per heavy atom. The van der Waals surface area contributed by atoms with E-state index < -0.39 is 0 Å². The molecule has 2 aliphatic rings. The van der Waals surface area contributed by atoms with Crippen LogP contribution in [0.2, 0.25) is 0 Å². The lowest BCUT2D eigenvalue weighted by Gasteiger charge is -2.32. The Bertz CT molecular complexity index is 492. The number of carbonyl (C=O) groups is 1. The maximum atomic E-state index is 12.6. The van der Waals surface area contributed by atoms with E-state index in [9.17, 15) is 4.79 Å². The minimum Gasteiger partial charge on any atom is -0.317 e. The molecule has 0 radical (unpaired) electrons. The van der Waals surface area contributed by atoms with E-state index in [2.05, 4.69) is 30.4 Å². The van der Waals surface area contributed by atoms with Gasteiger partial charge in [0.05, 0.1) is 0 Å². The predicted octanol–water partition coefficient (Wildman–Crippen LogP) is 2.66. The first kappa shape index (κ1) is 13.6. The zero-order valence-corrected chi connectivity index (χ0v) is 12.3. The number of aryl methyl sites for hydroxylation is 2. The van der Waals surface area contributed by atoms with E-state index in [4.69, 9.17) is 0 Å². The average Bonchev–Trinajstić information content (AvgIpc) is 2.47. The van der Waals surface area contributed by atoms with Crippen molar-refractivity contribution in [3.63, 3.8) is 0 Å². The minimum atomic E-state index is 0.321. The van der Waals surface area contributed by atoms with Crippen molar-refractivity contribution in [3.05, 3.63) is 29.3 Å². The topological polar surface area (TPSA) is 32.3 Å². The van der Waals surface area contributed by atoms with E-state index in [-0.39, 0.29) is 0 Å². The number of amides is 1. The molecule has 0 saturated carbocycles. The van der Waals surface area contributed by atoms with Crippen molar-refractivity contribution in [3.8, 4) is 0 Å². The Hall–Kier alpha value is -1.35. The maximum Gasteiger partial charge on any atom is 0.227 e. The van der Waals surface area contributed by atoms with Gasteiger partial charge in [-0.3, -0.25) is 4.79 Å². The summed E-state index contributed by atoms with van der Waals surface area (Å²) in [6, 6.07) is 6.48. The summed E-state index contributed by atoms with van der Waals surface area (Å²) in [6.07, 6.45) is 5.19. The Labute approximate surface area is 121 Å². The standard InChI is InChI=1S/C17H24N2O/c1-13-4-5-16-15(11-13)3-2-10-19(16)17(20)12-14-6-8-18-9-7-14/h4-5,11,14,18H,2-3,6-10,12H2,1H3. The quantitative estimate of drug-likeness (QED) is 0.897. The summed E-state index contributed by atoms with van der Waals surface area (Å²) in [5.41, 5.74) is 3.78. The number of hydrogen-bond donors (Lipinski definition) is 1. The fourth-order valence-electron chi connectivity index (χ4n) is 3.43. The molecular weight excluding hydrogens is 248 g/mol. The highest BCUT2D eigenvalue weighted by Gasteiger charge is 2.25. The molecule has 2 aliphatic heterocycles. The van der Waals surface area contributed by atoms with Gasteiger partial charge in [-0.1, -0.05) is 17.7 Å². The van der Waals surface area contributed by atoms with Gasteiger partial charge < -0.3 is 10.2 Å². The third kappa shape index (κ3) is 2.88. The van der Waals surface area contributed by atoms with Gasteiger partial charge in [-0.15, -0.1) is 0 Å². The molecule has 0 aromatic heterocycles. The van der Waals surface area contributed by atoms with Gasteiger partial charge in [-0.05, 0) is 63.2 Å². The summed E-state index contributed by atoms with van der Waals surface area (Å²) < 4.78 is 0. The van der Waals surface area contributed by atoms with Crippen LogP contribution in [0.15, 0.2) is 18.2 Å². The number of nitrogens with one attached hydrogen (secondary N) is 1. The summed E-state index contributed by atoms with van der Waals surface area (Å²) in [6.45, 7) is 5.14. The van der Waals surface area contributed by atoms with E-state index in [1.165, 1.54) is 11.1 Å². The number of benzene rings is 1. The van der Waals surface area contributed by atoms with Gasteiger partial charge in [0.2, 0.25) is 5.91 Å². The number of anilines is 1. The lowest BCUT2D eigenvalue weighted by atomic mass is 9.93. The fraction of sp³-hybridized carbons (Fsp3) is 0.588. The van der Waals surface area contributed by atoms with Crippen LogP contribution in [0.4, 0.5) is 5.69 Å². The average molecular weight is 272 g/mol. The van der Waals surface area contributed by atoms with Crippen molar-refractivity contribution < 1.29 is 4.79 Å². The molecule has 1 amide bonds. The second-order valence-electron chi connectivity index (χ2n) is 6.18. The molecule has 20 heavy (non-hydrogen) atoms. The molecule has 3 heteroatoms. The van der Waals surface area contributed by atoms with Crippen LogP contribution in [0, 0.1) is 12.8 Å². The first-order valence-electron chi connectivity index (χ1n) is 7.84. The highest BCUT2D eigenvalue weighted by molar-refractivity contribution is 5.94. The van der Waals surface area contributed by atoms with Crippen LogP contribution < -0.4 is 10.2 Å². The molecule has 1 aromatic carbocycles. The van der Waals surface area contributed by atoms with E-state index >= 15 is 0 Å². The summed E-state index contributed by atoms with van der Waals surface area (Å²) in [5.74, 6) is 0.890. The van der Waals surface area contributed by atoms with Crippen LogP contribution in [0.1, 0.15) is 36.8 Å². The molecule has 1 N–H and O–H groups in total. The van der Waals surface area contributed by atoms with Gasteiger partial charge in [-0.25, -0.2) is 0 Å². The summed E-state index contributed by atoms with van der Waals surface area (Å²) in [5, 5.41) is 3.36. The predicted molar refractivity (Wildman–Crippen MR) is 82.1 cm³/mol. The Balaban J connectivity index is 1.72.